The molecule has 0 spiro atoms. The third kappa shape index (κ3) is 5.06. The molecular formula is C19H19N3O2S. The lowest BCUT2D eigenvalue weighted by atomic mass is 10.2. The Balaban J connectivity index is 1.56. The van der Waals surface area contributed by atoms with Gasteiger partial charge in [-0.05, 0) is 17.7 Å². The first-order valence-electron chi connectivity index (χ1n) is 7.87. The van der Waals surface area contributed by atoms with Gasteiger partial charge in [-0.2, -0.15) is 0 Å². The molecule has 0 aliphatic heterocycles. The van der Waals surface area contributed by atoms with Gasteiger partial charge in [-0.1, -0.05) is 36.4 Å². The van der Waals surface area contributed by atoms with Gasteiger partial charge in [0, 0.05) is 30.7 Å². The first-order chi connectivity index (χ1) is 12.2. The maximum Gasteiger partial charge on any atom is 0.321 e. The highest BCUT2D eigenvalue weighted by Gasteiger charge is 2.10. The number of nitrogens with one attached hydrogen (secondary N) is 1. The third-order valence-electron chi connectivity index (χ3n) is 3.56. The second-order valence-corrected chi connectivity index (χ2v) is 6.29. The average molecular weight is 353 g/mol. The minimum atomic E-state index is -0.166. The van der Waals surface area contributed by atoms with Gasteiger partial charge in [0.15, 0.2) is 0 Å². The van der Waals surface area contributed by atoms with Crippen molar-refractivity contribution in [3.05, 3.63) is 76.7 Å². The number of hydrogen-bond acceptors (Lipinski definition) is 4. The van der Waals surface area contributed by atoms with Crippen LogP contribution in [0.15, 0.2) is 65.5 Å². The molecule has 6 heteroatoms. The molecule has 0 radical (unpaired) electrons. The maximum atomic E-state index is 12.3. The highest BCUT2D eigenvalue weighted by Crippen LogP contribution is 2.19. The lowest BCUT2D eigenvalue weighted by Gasteiger charge is -2.18. The topological polar surface area (TPSA) is 54.5 Å². The predicted octanol–water partition coefficient (Wildman–Crippen LogP) is 4.39. The SMILES string of the molecule is CN(Cc1ccccc1)C(=O)Nc1cccc(OCc2cscn2)c1. The number of ether oxygens (including phenoxy) is 1. The van der Waals surface area contributed by atoms with Gasteiger partial charge >= 0.3 is 6.03 Å². The Kier molecular flexibility index (Phi) is 5.64. The van der Waals surface area contributed by atoms with Crippen molar-refractivity contribution in [2.24, 2.45) is 0 Å². The highest BCUT2D eigenvalue weighted by molar-refractivity contribution is 7.07. The molecule has 1 N–H and O–H groups in total. The van der Waals surface area contributed by atoms with E-state index in [4.69, 9.17) is 4.74 Å². The van der Waals surface area contributed by atoms with E-state index in [1.165, 1.54) is 11.3 Å². The smallest absolute Gasteiger partial charge is 0.321 e. The summed E-state index contributed by atoms with van der Waals surface area (Å²) in [4.78, 5) is 18.2. The van der Waals surface area contributed by atoms with E-state index in [2.05, 4.69) is 10.3 Å². The summed E-state index contributed by atoms with van der Waals surface area (Å²) in [5.41, 5.74) is 4.45. The van der Waals surface area contributed by atoms with Crippen LogP contribution in [0.5, 0.6) is 5.75 Å². The van der Waals surface area contributed by atoms with Crippen molar-refractivity contribution in [2.45, 2.75) is 13.2 Å². The van der Waals surface area contributed by atoms with Gasteiger partial charge in [-0.25, -0.2) is 9.78 Å². The number of rotatable bonds is 6. The Morgan fingerprint density at radius 2 is 2.04 bits per heavy atom. The molecular weight excluding hydrogens is 334 g/mol. The third-order valence-corrected chi connectivity index (χ3v) is 4.20. The van der Waals surface area contributed by atoms with E-state index in [-0.39, 0.29) is 6.03 Å². The predicted molar refractivity (Wildman–Crippen MR) is 99.8 cm³/mol. The summed E-state index contributed by atoms with van der Waals surface area (Å²) >= 11 is 1.54. The number of thiazole rings is 1. The number of amides is 2. The summed E-state index contributed by atoms with van der Waals surface area (Å²) in [6, 6.07) is 17.1. The van der Waals surface area contributed by atoms with Crippen LogP contribution in [-0.2, 0) is 13.2 Å². The quantitative estimate of drug-likeness (QED) is 0.715. The fraction of sp³-hybridized carbons (Fsp3) is 0.158. The molecule has 0 aliphatic rings. The number of carbonyl (C=O) groups is 1. The molecule has 0 unspecified atom stereocenters. The Morgan fingerprint density at radius 3 is 2.80 bits per heavy atom. The van der Waals surface area contributed by atoms with Crippen LogP contribution in [0.2, 0.25) is 0 Å². The standard InChI is InChI=1S/C19H19N3O2S/c1-22(11-15-6-3-2-4-7-15)19(23)21-16-8-5-9-18(10-16)24-12-17-13-25-14-20-17/h2-10,13-14H,11-12H2,1H3,(H,21,23). The molecule has 2 amide bonds. The number of hydrogen-bond donors (Lipinski definition) is 1. The van der Waals surface area contributed by atoms with Crippen LogP contribution in [0, 0.1) is 0 Å². The summed E-state index contributed by atoms with van der Waals surface area (Å²) in [6.07, 6.45) is 0. The van der Waals surface area contributed by atoms with Crippen LogP contribution < -0.4 is 10.1 Å². The van der Waals surface area contributed by atoms with E-state index in [1.807, 2.05) is 53.9 Å². The van der Waals surface area contributed by atoms with Crippen LogP contribution in [0.1, 0.15) is 11.3 Å². The average Bonchev–Trinajstić information content (AvgIpc) is 3.15. The lowest BCUT2D eigenvalue weighted by Crippen LogP contribution is -2.30. The van der Waals surface area contributed by atoms with E-state index in [0.717, 1.165) is 11.3 Å². The van der Waals surface area contributed by atoms with Crippen molar-refractivity contribution in [3.8, 4) is 5.75 Å². The van der Waals surface area contributed by atoms with Gasteiger partial charge in [0.05, 0.1) is 11.2 Å². The van der Waals surface area contributed by atoms with Gasteiger partial charge in [-0.15, -0.1) is 11.3 Å². The highest BCUT2D eigenvalue weighted by atomic mass is 32.1. The normalized spacial score (nSPS) is 10.3. The molecule has 0 bridgehead atoms. The molecule has 128 valence electrons. The number of benzene rings is 2. The fourth-order valence-electron chi connectivity index (χ4n) is 2.28. The fourth-order valence-corrected chi connectivity index (χ4v) is 2.82. The first kappa shape index (κ1) is 17.0. The number of carbonyl (C=O) groups excluding carboxylic acids is 1. The molecule has 0 atom stereocenters. The van der Waals surface area contributed by atoms with E-state index < -0.39 is 0 Å². The van der Waals surface area contributed by atoms with Crippen molar-refractivity contribution >= 4 is 23.1 Å². The molecule has 3 rings (SSSR count). The Hall–Kier alpha value is -2.86. The monoisotopic (exact) mass is 353 g/mol. The molecule has 0 aliphatic carbocycles. The second kappa shape index (κ2) is 8.30. The number of nitrogens with zero attached hydrogens (tertiary/aromatic N) is 2. The van der Waals surface area contributed by atoms with Crippen molar-refractivity contribution in [1.82, 2.24) is 9.88 Å². The molecule has 1 heterocycles. The Morgan fingerprint density at radius 1 is 1.20 bits per heavy atom. The number of aromatic nitrogens is 1. The van der Waals surface area contributed by atoms with E-state index in [9.17, 15) is 4.79 Å². The van der Waals surface area contributed by atoms with Crippen LogP contribution in [-0.4, -0.2) is 23.0 Å². The van der Waals surface area contributed by atoms with Crippen molar-refractivity contribution < 1.29 is 9.53 Å². The summed E-state index contributed by atoms with van der Waals surface area (Å²) in [5.74, 6) is 0.691. The van der Waals surface area contributed by atoms with E-state index in [0.29, 0.717) is 24.6 Å². The molecule has 3 aromatic rings. The lowest BCUT2D eigenvalue weighted by molar-refractivity contribution is 0.220. The zero-order chi connectivity index (χ0) is 17.5. The molecule has 25 heavy (non-hydrogen) atoms. The molecule has 2 aromatic carbocycles. The zero-order valence-corrected chi connectivity index (χ0v) is 14.7. The maximum absolute atomic E-state index is 12.3. The summed E-state index contributed by atoms with van der Waals surface area (Å²) in [5, 5.41) is 4.84. The van der Waals surface area contributed by atoms with Crippen LogP contribution in [0.25, 0.3) is 0 Å². The van der Waals surface area contributed by atoms with Gasteiger partial charge in [0.2, 0.25) is 0 Å². The van der Waals surface area contributed by atoms with Crippen molar-refractivity contribution in [2.75, 3.05) is 12.4 Å². The number of urea groups is 1. The van der Waals surface area contributed by atoms with Crippen LogP contribution in [0.3, 0.4) is 0 Å². The summed E-state index contributed by atoms with van der Waals surface area (Å²) in [7, 11) is 1.77. The van der Waals surface area contributed by atoms with Crippen molar-refractivity contribution in [3.63, 3.8) is 0 Å². The second-order valence-electron chi connectivity index (χ2n) is 5.57. The van der Waals surface area contributed by atoms with E-state index in [1.54, 1.807) is 23.5 Å². The molecule has 0 fully saturated rings. The Bertz CT molecular complexity index is 807. The van der Waals surface area contributed by atoms with Gasteiger partial charge in [0.25, 0.3) is 0 Å². The Labute approximate surface area is 150 Å². The molecule has 5 nitrogen and oxygen atoms in total. The van der Waals surface area contributed by atoms with Gasteiger partial charge in [0.1, 0.15) is 12.4 Å². The minimum Gasteiger partial charge on any atom is -0.487 e. The van der Waals surface area contributed by atoms with Crippen molar-refractivity contribution in [1.29, 1.82) is 0 Å². The minimum absolute atomic E-state index is 0.166. The largest absolute Gasteiger partial charge is 0.487 e. The summed E-state index contributed by atoms with van der Waals surface area (Å²) < 4.78 is 5.71. The summed E-state index contributed by atoms with van der Waals surface area (Å²) in [6.45, 7) is 0.960. The van der Waals surface area contributed by atoms with Crippen LogP contribution >= 0.6 is 11.3 Å². The van der Waals surface area contributed by atoms with Gasteiger partial charge in [-0.3, -0.25) is 0 Å². The molecule has 0 saturated heterocycles. The number of anilines is 1. The first-order valence-corrected chi connectivity index (χ1v) is 8.81. The molecule has 1 aromatic heterocycles. The van der Waals surface area contributed by atoms with Crippen LogP contribution in [0.4, 0.5) is 10.5 Å². The molecule has 0 saturated carbocycles. The van der Waals surface area contributed by atoms with Gasteiger partial charge < -0.3 is 15.0 Å². The van der Waals surface area contributed by atoms with E-state index >= 15 is 0 Å². The zero-order valence-electron chi connectivity index (χ0n) is 13.9.